The highest BCUT2D eigenvalue weighted by Crippen LogP contribution is 2.45. The predicted molar refractivity (Wildman–Crippen MR) is 95.9 cm³/mol. The summed E-state index contributed by atoms with van der Waals surface area (Å²) in [7, 11) is -11.4. The summed E-state index contributed by atoms with van der Waals surface area (Å²) < 4.78 is 102. The molecule has 3 aliphatic rings. The Morgan fingerprint density at radius 1 is 1.13 bits per heavy atom. The molecule has 0 spiro atoms. The minimum atomic E-state index is -4.45. The zero-order valence-electron chi connectivity index (χ0n) is 15.9. The van der Waals surface area contributed by atoms with Crippen molar-refractivity contribution >= 4 is 32.3 Å². The third-order valence-corrected chi connectivity index (χ3v) is 6.63. The van der Waals surface area contributed by atoms with Gasteiger partial charge in [0.15, 0.2) is 12.0 Å². The van der Waals surface area contributed by atoms with Crippen molar-refractivity contribution in [2.24, 2.45) is 0 Å². The predicted octanol–water partition coefficient (Wildman–Crippen LogP) is -2.59. The van der Waals surface area contributed by atoms with Crippen LogP contribution >= 0.6 is 0 Å². The fourth-order valence-corrected chi connectivity index (χ4v) is 5.26. The van der Waals surface area contributed by atoms with Crippen LogP contribution < -0.4 is 4.72 Å². The molecule has 30 heavy (non-hydrogen) atoms. The Balaban J connectivity index is 1.89. The smallest absolute Gasteiger partial charge is 0.338 e. The highest BCUT2D eigenvalue weighted by molar-refractivity contribution is 7.84. The van der Waals surface area contributed by atoms with E-state index in [0.717, 1.165) is 6.42 Å². The van der Waals surface area contributed by atoms with Crippen LogP contribution in [0.15, 0.2) is 0 Å². The number of thiol groups is 2. The van der Waals surface area contributed by atoms with Crippen LogP contribution in [0.3, 0.4) is 0 Å². The second kappa shape index (κ2) is 8.81. The quantitative estimate of drug-likeness (QED) is 0.192. The first-order valence-corrected chi connectivity index (χ1v) is 12.5. The molecule has 176 valence electrons. The maximum Gasteiger partial charge on any atom is 0.338 e. The number of fused-ring (bicyclic) bond motifs is 1. The highest BCUT2D eigenvalue weighted by Gasteiger charge is 2.67. The minimum absolute atomic E-state index is 0.529. The first-order valence-electron chi connectivity index (χ1n) is 8.86. The summed E-state index contributed by atoms with van der Waals surface area (Å²) in [6.45, 7) is 2.15. The fourth-order valence-electron chi connectivity index (χ4n) is 3.37. The van der Waals surface area contributed by atoms with Crippen LogP contribution in [0, 0.1) is 0 Å². The van der Waals surface area contributed by atoms with Crippen molar-refractivity contribution in [3.63, 3.8) is 0 Å². The first kappa shape index (κ1) is 24.2. The molecule has 0 aromatic carbocycles. The molecule has 2 heterocycles. The number of nitrogens with one attached hydrogen (secondary N) is 1. The van der Waals surface area contributed by atoms with E-state index in [-0.39, 0.29) is 0 Å². The molecule has 2 aliphatic heterocycles. The Bertz CT molecular complexity index is 880. The molecule has 1 aliphatic carbocycles. The van der Waals surface area contributed by atoms with Crippen LogP contribution in [0.2, 0.25) is 0 Å². The highest BCUT2D eigenvalue weighted by atomic mass is 32.2. The van der Waals surface area contributed by atoms with Gasteiger partial charge in [-0.2, -0.15) is 13.1 Å². The van der Waals surface area contributed by atoms with E-state index < -0.39 is 81.1 Å². The van der Waals surface area contributed by atoms with Gasteiger partial charge < -0.3 is 19.3 Å². The van der Waals surface area contributed by atoms with E-state index >= 15 is 0 Å². The van der Waals surface area contributed by atoms with Crippen molar-refractivity contribution in [2.45, 2.75) is 75.3 Å². The lowest BCUT2D eigenvalue weighted by Gasteiger charge is -2.44. The number of hydrogen-bond acceptors (Lipinski definition) is 13. The van der Waals surface area contributed by atoms with E-state index in [0.29, 0.717) is 12.8 Å². The zero-order chi connectivity index (χ0) is 22.3. The van der Waals surface area contributed by atoms with Gasteiger partial charge in [-0.25, -0.2) is 16.8 Å². The molecule has 5 atom stereocenters. The number of ether oxygens (including phenoxy) is 3. The Labute approximate surface area is 176 Å². The summed E-state index contributed by atoms with van der Waals surface area (Å²) in [6, 6.07) is 0. The average molecular weight is 498 g/mol. The standard InChI is InChI=1S/C13H23NO13S3/c1-12(2)23-10-9(25-29(18)19)8(24-28(16)17)6-22-13(10,27-12)11(15)14-30(20,21)26-7-4-3-5-7/h7-11,14-15,28-29H,3-6H2,1-2H3/t8-,9-,10+,11?,13-/m1/s1. The largest absolute Gasteiger partial charge is 0.372 e. The van der Waals surface area contributed by atoms with E-state index in [1.807, 2.05) is 4.72 Å². The number of aliphatic hydroxyl groups excluding tert-OH is 1. The van der Waals surface area contributed by atoms with Gasteiger partial charge in [-0.15, -0.1) is 0 Å². The zero-order valence-corrected chi connectivity index (χ0v) is 18.5. The summed E-state index contributed by atoms with van der Waals surface area (Å²) in [5, 5.41) is 10.7. The van der Waals surface area contributed by atoms with Crippen LogP contribution in [-0.4, -0.2) is 79.2 Å². The Hall–Kier alpha value is -0.470. The Morgan fingerprint density at radius 3 is 2.30 bits per heavy atom. The van der Waals surface area contributed by atoms with E-state index in [1.165, 1.54) is 13.8 Å². The molecule has 0 radical (unpaired) electrons. The summed E-state index contributed by atoms with van der Waals surface area (Å²) in [5.41, 5.74) is 0. The summed E-state index contributed by atoms with van der Waals surface area (Å²) >= 11 is 0. The first-order chi connectivity index (χ1) is 13.8. The molecule has 0 bridgehead atoms. The van der Waals surface area contributed by atoms with Crippen molar-refractivity contribution in [3.8, 4) is 0 Å². The molecule has 0 aromatic heterocycles. The monoisotopic (exact) mass is 497 g/mol. The van der Waals surface area contributed by atoms with Gasteiger partial charge in [0.25, 0.3) is 22.0 Å². The lowest BCUT2D eigenvalue weighted by atomic mass is 9.96. The maximum absolute atomic E-state index is 12.2. The van der Waals surface area contributed by atoms with E-state index in [1.54, 1.807) is 0 Å². The molecule has 1 unspecified atom stereocenters. The number of hydrogen-bond donors (Lipinski definition) is 4. The average Bonchev–Trinajstić information content (AvgIpc) is 2.84. The molecule has 1 saturated carbocycles. The topological polar surface area (TPSA) is 190 Å². The van der Waals surface area contributed by atoms with Crippen LogP contribution in [0.4, 0.5) is 0 Å². The molecule has 0 aromatic rings. The molecule has 3 fully saturated rings. The normalized spacial score (nSPS) is 35.3. The van der Waals surface area contributed by atoms with Crippen LogP contribution in [0.1, 0.15) is 33.1 Å². The van der Waals surface area contributed by atoms with Crippen LogP contribution in [0.25, 0.3) is 0 Å². The molecule has 14 nitrogen and oxygen atoms in total. The molecule has 17 heteroatoms. The Morgan fingerprint density at radius 2 is 1.77 bits per heavy atom. The van der Waals surface area contributed by atoms with Gasteiger partial charge in [0.2, 0.25) is 5.79 Å². The van der Waals surface area contributed by atoms with Gasteiger partial charge in [-0.05, 0) is 33.1 Å². The second-order valence-corrected chi connectivity index (χ2v) is 10.0. The summed E-state index contributed by atoms with van der Waals surface area (Å²) in [5.74, 6) is -3.79. The van der Waals surface area contributed by atoms with Gasteiger partial charge in [-0.3, -0.25) is 12.5 Å². The molecular formula is C13H23NO13S3. The molecule has 0 amide bonds. The maximum atomic E-state index is 12.2. The van der Waals surface area contributed by atoms with Gasteiger partial charge >= 0.3 is 10.3 Å². The summed E-state index contributed by atoms with van der Waals surface area (Å²) in [4.78, 5) is 0. The van der Waals surface area contributed by atoms with Crippen molar-refractivity contribution < 1.29 is 57.1 Å². The van der Waals surface area contributed by atoms with Crippen molar-refractivity contribution in [1.82, 2.24) is 4.72 Å². The van der Waals surface area contributed by atoms with Crippen molar-refractivity contribution in [3.05, 3.63) is 0 Å². The second-order valence-electron chi connectivity index (χ2n) is 7.36. The summed E-state index contributed by atoms with van der Waals surface area (Å²) in [6.07, 6.45) is -5.49. The third kappa shape index (κ3) is 5.29. The van der Waals surface area contributed by atoms with Crippen LogP contribution in [-0.2, 0) is 59.0 Å². The van der Waals surface area contributed by atoms with Crippen LogP contribution in [0.5, 0.6) is 0 Å². The van der Waals surface area contributed by atoms with E-state index in [4.69, 9.17) is 22.6 Å². The van der Waals surface area contributed by atoms with Gasteiger partial charge in [0.05, 0.1) is 12.7 Å². The van der Waals surface area contributed by atoms with E-state index in [9.17, 15) is 30.4 Å². The van der Waals surface area contributed by atoms with Crippen molar-refractivity contribution in [1.29, 1.82) is 0 Å². The molecule has 2 N–H and O–H groups in total. The van der Waals surface area contributed by atoms with Gasteiger partial charge in [-0.1, -0.05) is 0 Å². The lowest BCUT2D eigenvalue weighted by Crippen LogP contribution is -2.68. The third-order valence-electron chi connectivity index (χ3n) is 4.73. The Kier molecular flexibility index (Phi) is 7.10. The fraction of sp³-hybridized carbons (Fsp3) is 1.00. The SMILES string of the molecule is CC1(C)O[C@H]2[C@H](O[SH](=O)=O)[C@H](O[SH](=O)=O)CO[C@@]2(C(O)NS(=O)(=O)OC2CCC2)O1. The molecular weight excluding hydrogens is 474 g/mol. The number of rotatable bonds is 9. The van der Waals surface area contributed by atoms with Gasteiger partial charge in [0.1, 0.15) is 18.3 Å². The van der Waals surface area contributed by atoms with Gasteiger partial charge in [0, 0.05) is 0 Å². The number of aliphatic hydroxyl groups is 1. The van der Waals surface area contributed by atoms with E-state index in [2.05, 4.69) is 4.18 Å². The molecule has 2 saturated heterocycles. The molecule has 3 rings (SSSR count). The minimum Gasteiger partial charge on any atom is -0.372 e. The van der Waals surface area contributed by atoms with Crippen molar-refractivity contribution in [2.75, 3.05) is 6.61 Å². The lowest BCUT2D eigenvalue weighted by molar-refractivity contribution is -0.324.